The third-order valence-electron chi connectivity index (χ3n) is 5.04. The van der Waals surface area contributed by atoms with Crippen LogP contribution >= 0.6 is 0 Å². The van der Waals surface area contributed by atoms with Crippen LogP contribution in [0.1, 0.15) is 36.6 Å². The largest absolute Gasteiger partial charge is 0.357 e. The number of sulfonamides is 1. The van der Waals surface area contributed by atoms with Gasteiger partial charge in [-0.1, -0.05) is 42.8 Å². The lowest BCUT2D eigenvalue weighted by Crippen LogP contribution is -2.38. The van der Waals surface area contributed by atoms with E-state index < -0.39 is 10.0 Å². The van der Waals surface area contributed by atoms with Crippen LogP contribution in [0.4, 0.5) is 0 Å². The predicted octanol–water partition coefficient (Wildman–Crippen LogP) is 4.39. The number of aromatic amines is 1. The van der Waals surface area contributed by atoms with Crippen LogP contribution in [0.25, 0.3) is 10.9 Å². The van der Waals surface area contributed by atoms with Crippen molar-refractivity contribution in [2.24, 2.45) is 0 Å². The molecule has 2 aromatic carbocycles. The molecule has 4 rings (SSSR count). The van der Waals surface area contributed by atoms with Gasteiger partial charge in [-0.3, -0.25) is 0 Å². The lowest BCUT2D eigenvalue weighted by atomic mass is 10.0. The van der Waals surface area contributed by atoms with Gasteiger partial charge in [-0.25, -0.2) is 8.42 Å². The third-order valence-corrected chi connectivity index (χ3v) is 7.11. The lowest BCUT2D eigenvalue weighted by molar-refractivity contribution is 0.252. The summed E-state index contributed by atoms with van der Waals surface area (Å²) in [5, 5.41) is 1.12. The number of benzene rings is 2. The van der Waals surface area contributed by atoms with Gasteiger partial charge >= 0.3 is 0 Å². The van der Waals surface area contributed by atoms with E-state index in [2.05, 4.69) is 17.1 Å². The van der Waals surface area contributed by atoms with Gasteiger partial charge in [0.2, 0.25) is 10.0 Å². The molecule has 1 aromatic heterocycles. The summed E-state index contributed by atoms with van der Waals surface area (Å²) in [4.78, 5) is 3.84. The maximum Gasteiger partial charge on any atom is 0.243 e. The number of nitrogens with one attached hydrogen (secondary N) is 1. The van der Waals surface area contributed by atoms with Crippen molar-refractivity contribution in [1.29, 1.82) is 0 Å². The maximum atomic E-state index is 13.3. The van der Waals surface area contributed by atoms with E-state index in [1.54, 1.807) is 16.4 Å². The van der Waals surface area contributed by atoms with E-state index in [1.807, 2.05) is 37.3 Å². The van der Waals surface area contributed by atoms with E-state index in [9.17, 15) is 8.42 Å². The molecule has 0 bridgehead atoms. The quantitative estimate of drug-likeness (QED) is 0.758. The minimum absolute atomic E-state index is 0.134. The Morgan fingerprint density at radius 2 is 1.80 bits per heavy atom. The number of hydrogen-bond donors (Lipinski definition) is 1. The second kappa shape index (κ2) is 6.32. The summed E-state index contributed by atoms with van der Waals surface area (Å²) in [6.07, 6.45) is 2.79. The molecule has 1 fully saturated rings. The summed E-state index contributed by atoms with van der Waals surface area (Å²) in [6, 6.07) is 17.3. The molecule has 0 saturated carbocycles. The van der Waals surface area contributed by atoms with Crippen LogP contribution < -0.4 is 0 Å². The molecule has 1 atom stereocenters. The second-order valence-corrected chi connectivity index (χ2v) is 8.56. The molecular weight excluding hydrogens is 332 g/mol. The number of fused-ring (bicyclic) bond motifs is 1. The van der Waals surface area contributed by atoms with Crippen LogP contribution in [0.5, 0.6) is 0 Å². The van der Waals surface area contributed by atoms with E-state index in [0.29, 0.717) is 11.4 Å². The van der Waals surface area contributed by atoms with Crippen LogP contribution in [0.15, 0.2) is 59.5 Å². The minimum atomic E-state index is -3.51. The topological polar surface area (TPSA) is 53.2 Å². The summed E-state index contributed by atoms with van der Waals surface area (Å²) < 4.78 is 28.3. The Balaban J connectivity index is 1.78. The Kier molecular flexibility index (Phi) is 4.13. The molecule has 0 amide bonds. The molecule has 2 heterocycles. The van der Waals surface area contributed by atoms with Gasteiger partial charge in [0.15, 0.2) is 0 Å². The predicted molar refractivity (Wildman–Crippen MR) is 100.0 cm³/mol. The van der Waals surface area contributed by atoms with Gasteiger partial charge in [0.1, 0.15) is 0 Å². The highest BCUT2D eigenvalue weighted by molar-refractivity contribution is 7.89. The summed E-state index contributed by atoms with van der Waals surface area (Å²) >= 11 is 0. The van der Waals surface area contributed by atoms with Gasteiger partial charge in [-0.05, 0) is 48.9 Å². The van der Waals surface area contributed by atoms with Gasteiger partial charge < -0.3 is 4.98 Å². The second-order valence-electron chi connectivity index (χ2n) is 6.70. The summed E-state index contributed by atoms with van der Waals surface area (Å²) in [6.45, 7) is 2.42. The zero-order valence-corrected chi connectivity index (χ0v) is 15.1. The first-order valence-electron chi connectivity index (χ1n) is 8.72. The van der Waals surface area contributed by atoms with Crippen LogP contribution in [-0.2, 0) is 10.0 Å². The summed E-state index contributed by atoms with van der Waals surface area (Å²) in [5.74, 6) is 0. The van der Waals surface area contributed by atoms with Crippen molar-refractivity contribution < 1.29 is 8.42 Å². The fourth-order valence-electron chi connectivity index (χ4n) is 3.75. The molecule has 0 spiro atoms. The van der Waals surface area contributed by atoms with Gasteiger partial charge in [0, 0.05) is 17.8 Å². The van der Waals surface area contributed by atoms with Crippen molar-refractivity contribution in [1.82, 2.24) is 9.29 Å². The van der Waals surface area contributed by atoms with Crippen molar-refractivity contribution in [3.63, 3.8) is 0 Å². The van der Waals surface area contributed by atoms with Gasteiger partial charge in [-0.15, -0.1) is 0 Å². The number of H-pyrrole nitrogens is 1. The number of rotatable bonds is 3. The van der Waals surface area contributed by atoms with Gasteiger partial charge in [0.25, 0.3) is 0 Å². The normalized spacial score (nSPS) is 19.3. The Morgan fingerprint density at radius 1 is 1.04 bits per heavy atom. The first-order chi connectivity index (χ1) is 12.1. The lowest BCUT2D eigenvalue weighted by Gasteiger charge is -2.34. The molecular formula is C20H22N2O2S. The third kappa shape index (κ3) is 2.87. The van der Waals surface area contributed by atoms with Crippen molar-refractivity contribution in [2.75, 3.05) is 6.54 Å². The van der Waals surface area contributed by atoms with E-state index in [0.717, 1.165) is 41.4 Å². The van der Waals surface area contributed by atoms with E-state index >= 15 is 0 Å². The van der Waals surface area contributed by atoms with Crippen molar-refractivity contribution >= 4 is 20.9 Å². The van der Waals surface area contributed by atoms with E-state index in [1.165, 1.54) is 0 Å². The first kappa shape index (κ1) is 16.4. The smallest absolute Gasteiger partial charge is 0.243 e. The molecule has 1 N–H and O–H groups in total. The monoisotopic (exact) mass is 354 g/mol. The Morgan fingerprint density at radius 3 is 2.60 bits per heavy atom. The Bertz CT molecular complexity index is 974. The molecule has 0 radical (unpaired) electrons. The standard InChI is InChI=1S/C20H22N2O2S/c1-15-8-2-5-12-20(15)25(23,24)22-13-7-6-11-19(22)18-14-16-9-3-4-10-17(16)21-18/h2-5,8-10,12,14,19,21H,6-7,11,13H2,1H3. The zero-order chi connectivity index (χ0) is 17.4. The molecule has 1 aliphatic heterocycles. The Labute approximate surface area is 148 Å². The van der Waals surface area contributed by atoms with Crippen molar-refractivity contribution in [3.8, 4) is 0 Å². The molecule has 4 nitrogen and oxygen atoms in total. The summed E-state index contributed by atoms with van der Waals surface area (Å²) in [7, 11) is -3.51. The highest BCUT2D eigenvalue weighted by Crippen LogP contribution is 2.36. The summed E-state index contributed by atoms with van der Waals surface area (Å²) in [5.41, 5.74) is 2.83. The number of nitrogens with zero attached hydrogens (tertiary/aromatic N) is 1. The average Bonchev–Trinajstić information content (AvgIpc) is 3.06. The molecule has 3 aromatic rings. The van der Waals surface area contributed by atoms with Gasteiger partial charge in [0.05, 0.1) is 10.9 Å². The van der Waals surface area contributed by atoms with Crippen LogP contribution in [-0.4, -0.2) is 24.3 Å². The van der Waals surface area contributed by atoms with Crippen molar-refractivity contribution in [3.05, 3.63) is 65.9 Å². The number of hydrogen-bond acceptors (Lipinski definition) is 2. The first-order valence-corrected chi connectivity index (χ1v) is 10.2. The van der Waals surface area contributed by atoms with Crippen LogP contribution in [0, 0.1) is 6.92 Å². The van der Waals surface area contributed by atoms with Crippen LogP contribution in [0.3, 0.4) is 0 Å². The maximum absolute atomic E-state index is 13.3. The molecule has 1 aliphatic rings. The molecule has 25 heavy (non-hydrogen) atoms. The molecule has 1 unspecified atom stereocenters. The van der Waals surface area contributed by atoms with E-state index in [-0.39, 0.29) is 6.04 Å². The highest BCUT2D eigenvalue weighted by Gasteiger charge is 2.35. The SMILES string of the molecule is Cc1ccccc1S(=O)(=O)N1CCCCC1c1cc2ccccc2[nH]1. The average molecular weight is 354 g/mol. The number of piperidine rings is 1. The fraction of sp³-hybridized carbons (Fsp3) is 0.300. The molecule has 130 valence electrons. The molecule has 5 heteroatoms. The Hall–Kier alpha value is -2.11. The highest BCUT2D eigenvalue weighted by atomic mass is 32.2. The van der Waals surface area contributed by atoms with E-state index in [4.69, 9.17) is 0 Å². The number of aromatic nitrogens is 1. The molecule has 0 aliphatic carbocycles. The van der Waals surface area contributed by atoms with Crippen molar-refractivity contribution in [2.45, 2.75) is 37.1 Å². The minimum Gasteiger partial charge on any atom is -0.357 e. The van der Waals surface area contributed by atoms with Crippen LogP contribution in [0.2, 0.25) is 0 Å². The molecule has 1 saturated heterocycles. The zero-order valence-electron chi connectivity index (χ0n) is 14.3. The fourth-order valence-corrected chi connectivity index (χ4v) is 5.65. The number of aryl methyl sites for hydroxylation is 1. The van der Waals surface area contributed by atoms with Gasteiger partial charge in [-0.2, -0.15) is 4.31 Å². The number of para-hydroxylation sites is 1.